The van der Waals surface area contributed by atoms with Gasteiger partial charge in [-0.15, -0.1) is 0 Å². The predicted molar refractivity (Wildman–Crippen MR) is 107 cm³/mol. The van der Waals surface area contributed by atoms with Crippen LogP contribution in [0.1, 0.15) is 35.2 Å². The molecule has 7 heteroatoms. The standard InChI is InChI=1S/C20H25N3O3S/c1-13-7-8-14(2)16(11-13)21-18(25)12-27-19-15-5-3-6-17(15)23(9-4-10-24)20(26)22-19/h7-8,11,24H,3-6,9-10,12H2,1-2H3,(H,21,25). The molecular weight excluding hydrogens is 362 g/mol. The number of thioether (sulfide) groups is 1. The van der Waals surface area contributed by atoms with E-state index in [2.05, 4.69) is 10.3 Å². The van der Waals surface area contributed by atoms with Crippen molar-refractivity contribution in [3.8, 4) is 0 Å². The maximum absolute atomic E-state index is 12.4. The monoisotopic (exact) mass is 387 g/mol. The van der Waals surface area contributed by atoms with Crippen molar-refractivity contribution in [1.82, 2.24) is 9.55 Å². The van der Waals surface area contributed by atoms with E-state index >= 15 is 0 Å². The number of amides is 1. The molecule has 0 radical (unpaired) electrons. The van der Waals surface area contributed by atoms with Crippen molar-refractivity contribution >= 4 is 23.4 Å². The number of aryl methyl sites for hydroxylation is 2. The van der Waals surface area contributed by atoms with E-state index in [9.17, 15) is 9.59 Å². The Bertz CT molecular complexity index is 908. The summed E-state index contributed by atoms with van der Waals surface area (Å²) in [6.07, 6.45) is 3.25. The van der Waals surface area contributed by atoms with Crippen LogP contribution < -0.4 is 11.0 Å². The molecule has 144 valence electrons. The number of nitrogens with zero attached hydrogens (tertiary/aromatic N) is 2. The number of fused-ring (bicyclic) bond motifs is 1. The van der Waals surface area contributed by atoms with Crippen LogP contribution in [-0.4, -0.2) is 32.9 Å². The lowest BCUT2D eigenvalue weighted by Gasteiger charge is -2.14. The number of aromatic nitrogens is 2. The van der Waals surface area contributed by atoms with Gasteiger partial charge in [0.25, 0.3) is 0 Å². The summed E-state index contributed by atoms with van der Waals surface area (Å²) in [5.74, 6) is 0.110. The van der Waals surface area contributed by atoms with Crippen LogP contribution in [0.25, 0.3) is 0 Å². The maximum atomic E-state index is 12.4. The fourth-order valence-electron chi connectivity index (χ4n) is 3.36. The predicted octanol–water partition coefficient (Wildman–Crippen LogP) is 2.46. The van der Waals surface area contributed by atoms with E-state index in [1.807, 2.05) is 32.0 Å². The lowest BCUT2D eigenvalue weighted by atomic mass is 10.1. The van der Waals surface area contributed by atoms with E-state index in [1.54, 1.807) is 4.57 Å². The first-order chi connectivity index (χ1) is 13.0. The Hall–Kier alpha value is -2.12. The van der Waals surface area contributed by atoms with Gasteiger partial charge in [0.2, 0.25) is 5.91 Å². The van der Waals surface area contributed by atoms with E-state index < -0.39 is 0 Å². The minimum Gasteiger partial charge on any atom is -0.396 e. The molecule has 1 aliphatic carbocycles. The summed E-state index contributed by atoms with van der Waals surface area (Å²) in [5.41, 5.74) is 4.73. The van der Waals surface area contributed by atoms with Gasteiger partial charge < -0.3 is 10.4 Å². The van der Waals surface area contributed by atoms with Gasteiger partial charge in [-0.2, -0.15) is 4.98 Å². The largest absolute Gasteiger partial charge is 0.396 e. The topological polar surface area (TPSA) is 84.2 Å². The highest BCUT2D eigenvalue weighted by Gasteiger charge is 2.22. The molecule has 0 fully saturated rings. The molecule has 0 aliphatic heterocycles. The van der Waals surface area contributed by atoms with Crippen LogP contribution in [0.2, 0.25) is 0 Å². The van der Waals surface area contributed by atoms with E-state index in [1.165, 1.54) is 11.8 Å². The Morgan fingerprint density at radius 3 is 2.93 bits per heavy atom. The molecule has 0 spiro atoms. The van der Waals surface area contributed by atoms with Crippen molar-refractivity contribution in [3.05, 3.63) is 51.1 Å². The zero-order valence-corrected chi connectivity index (χ0v) is 16.6. The van der Waals surface area contributed by atoms with Crippen LogP contribution in [-0.2, 0) is 24.2 Å². The minimum atomic E-state index is -0.290. The first kappa shape index (κ1) is 19.6. The third kappa shape index (κ3) is 4.59. The van der Waals surface area contributed by atoms with E-state index in [-0.39, 0.29) is 24.0 Å². The second-order valence-corrected chi connectivity index (χ2v) is 7.83. The SMILES string of the molecule is Cc1ccc(C)c(NC(=O)CSc2nc(=O)n(CCCO)c3c2CCC3)c1. The van der Waals surface area contributed by atoms with E-state index in [4.69, 9.17) is 5.11 Å². The average Bonchev–Trinajstić information content (AvgIpc) is 3.12. The molecule has 0 saturated carbocycles. The highest BCUT2D eigenvalue weighted by molar-refractivity contribution is 8.00. The van der Waals surface area contributed by atoms with Crippen molar-refractivity contribution < 1.29 is 9.90 Å². The summed E-state index contributed by atoms with van der Waals surface area (Å²) in [6.45, 7) is 4.49. The zero-order valence-electron chi connectivity index (χ0n) is 15.7. The van der Waals surface area contributed by atoms with E-state index in [0.717, 1.165) is 47.3 Å². The Kier molecular flexibility index (Phi) is 6.34. The number of hydrogen-bond donors (Lipinski definition) is 2. The summed E-state index contributed by atoms with van der Waals surface area (Å²) in [6, 6.07) is 5.95. The third-order valence-corrected chi connectivity index (χ3v) is 5.77. The molecule has 27 heavy (non-hydrogen) atoms. The molecule has 0 bridgehead atoms. The fraction of sp³-hybridized carbons (Fsp3) is 0.450. The zero-order chi connectivity index (χ0) is 19.4. The number of rotatable bonds is 7. The lowest BCUT2D eigenvalue weighted by molar-refractivity contribution is -0.113. The molecule has 1 aliphatic rings. The van der Waals surface area contributed by atoms with Gasteiger partial charge in [-0.05, 0) is 56.7 Å². The quantitative estimate of drug-likeness (QED) is 0.563. The van der Waals surface area contributed by atoms with Crippen LogP contribution in [0, 0.1) is 13.8 Å². The van der Waals surface area contributed by atoms with Gasteiger partial charge in [-0.25, -0.2) is 4.79 Å². The number of nitrogens with one attached hydrogen (secondary N) is 1. The molecule has 0 unspecified atom stereocenters. The number of benzene rings is 1. The first-order valence-corrected chi connectivity index (χ1v) is 10.2. The van der Waals surface area contributed by atoms with Crippen LogP contribution in [0.15, 0.2) is 28.0 Å². The Labute approximate surface area is 163 Å². The summed E-state index contributed by atoms with van der Waals surface area (Å²) in [4.78, 5) is 29.0. The normalized spacial score (nSPS) is 12.9. The molecule has 2 N–H and O–H groups in total. The van der Waals surface area contributed by atoms with Crippen molar-refractivity contribution in [2.75, 3.05) is 17.7 Å². The number of aliphatic hydroxyl groups is 1. The van der Waals surface area contributed by atoms with E-state index in [0.29, 0.717) is 18.0 Å². The molecule has 1 heterocycles. The van der Waals surface area contributed by atoms with Gasteiger partial charge in [0.05, 0.1) is 5.75 Å². The Balaban J connectivity index is 1.72. The smallest absolute Gasteiger partial charge is 0.348 e. The minimum absolute atomic E-state index is 0.0518. The molecule has 0 saturated heterocycles. The highest BCUT2D eigenvalue weighted by Crippen LogP contribution is 2.29. The van der Waals surface area contributed by atoms with Gasteiger partial charge in [0, 0.05) is 30.1 Å². The molecule has 6 nitrogen and oxygen atoms in total. The summed E-state index contributed by atoms with van der Waals surface area (Å²) < 4.78 is 1.68. The number of carbonyl (C=O) groups excluding carboxylic acids is 1. The van der Waals surface area contributed by atoms with Crippen molar-refractivity contribution in [2.45, 2.75) is 51.1 Å². The first-order valence-electron chi connectivity index (χ1n) is 9.23. The van der Waals surface area contributed by atoms with Gasteiger partial charge in [-0.1, -0.05) is 23.9 Å². The molecule has 0 atom stereocenters. The second-order valence-electron chi connectivity index (χ2n) is 6.86. The number of anilines is 1. The van der Waals surface area contributed by atoms with Crippen molar-refractivity contribution in [1.29, 1.82) is 0 Å². The summed E-state index contributed by atoms with van der Waals surface area (Å²) >= 11 is 1.32. The Morgan fingerprint density at radius 1 is 1.33 bits per heavy atom. The molecule has 3 rings (SSSR count). The van der Waals surface area contributed by atoms with Crippen LogP contribution >= 0.6 is 11.8 Å². The fourth-order valence-corrected chi connectivity index (χ4v) is 4.23. The Morgan fingerprint density at radius 2 is 2.15 bits per heavy atom. The molecular formula is C20H25N3O3S. The van der Waals surface area contributed by atoms with Crippen LogP contribution in [0.3, 0.4) is 0 Å². The third-order valence-electron chi connectivity index (χ3n) is 4.75. The summed E-state index contributed by atoms with van der Waals surface area (Å²) in [7, 11) is 0. The summed E-state index contributed by atoms with van der Waals surface area (Å²) in [5, 5.41) is 12.7. The lowest BCUT2D eigenvalue weighted by Crippen LogP contribution is -2.28. The number of carbonyl (C=O) groups is 1. The van der Waals surface area contributed by atoms with Crippen molar-refractivity contribution in [2.24, 2.45) is 0 Å². The average molecular weight is 388 g/mol. The van der Waals surface area contributed by atoms with Crippen molar-refractivity contribution in [3.63, 3.8) is 0 Å². The van der Waals surface area contributed by atoms with Gasteiger partial charge in [0.15, 0.2) is 0 Å². The highest BCUT2D eigenvalue weighted by atomic mass is 32.2. The van der Waals surface area contributed by atoms with Crippen LogP contribution in [0.5, 0.6) is 0 Å². The van der Waals surface area contributed by atoms with Gasteiger partial charge >= 0.3 is 5.69 Å². The molecule has 2 aromatic rings. The number of hydrogen-bond acceptors (Lipinski definition) is 5. The maximum Gasteiger partial charge on any atom is 0.348 e. The van der Waals surface area contributed by atoms with Gasteiger partial charge in [-0.3, -0.25) is 9.36 Å². The second kappa shape index (κ2) is 8.71. The molecule has 1 aromatic carbocycles. The molecule has 1 amide bonds. The number of aliphatic hydroxyl groups excluding tert-OH is 1. The van der Waals surface area contributed by atoms with Gasteiger partial charge in [0.1, 0.15) is 5.03 Å². The van der Waals surface area contributed by atoms with Crippen LogP contribution in [0.4, 0.5) is 5.69 Å². The molecule has 1 aromatic heterocycles.